The summed E-state index contributed by atoms with van der Waals surface area (Å²) in [6.07, 6.45) is -4.32. The number of rotatable bonds is 5. The van der Waals surface area contributed by atoms with Gasteiger partial charge in [-0.1, -0.05) is 12.1 Å². The molecule has 0 aliphatic rings. The number of thioether (sulfide) groups is 1. The van der Waals surface area contributed by atoms with Crippen molar-refractivity contribution in [2.45, 2.75) is 18.0 Å². The van der Waals surface area contributed by atoms with Gasteiger partial charge in [-0.15, -0.1) is 11.8 Å². The van der Waals surface area contributed by atoms with E-state index in [0.29, 0.717) is 17.3 Å². The third-order valence-electron chi connectivity index (χ3n) is 3.18. The summed E-state index contributed by atoms with van der Waals surface area (Å²) in [6, 6.07) is 10.0. The van der Waals surface area contributed by atoms with E-state index in [0.717, 1.165) is 0 Å². The molecule has 0 fully saturated rings. The fourth-order valence-electron chi connectivity index (χ4n) is 2.05. The van der Waals surface area contributed by atoms with E-state index in [-0.39, 0.29) is 21.8 Å². The van der Waals surface area contributed by atoms with Gasteiger partial charge in [0.1, 0.15) is 0 Å². The molecule has 0 radical (unpaired) electrons. The van der Waals surface area contributed by atoms with Gasteiger partial charge in [-0.2, -0.15) is 13.2 Å². The molecule has 2 rings (SSSR count). The standard InChI is InChI=1S/C16H13F3N2O3S/c1-10-8-11(6-7-13(10)21(23)24)15(22)20-12-4-2-3-5-14(12)25-9-16(17,18)19/h2-8H,9H2,1H3,(H,20,22). The highest BCUT2D eigenvalue weighted by Gasteiger charge is 2.27. The molecule has 0 spiro atoms. The Morgan fingerprint density at radius 2 is 1.92 bits per heavy atom. The van der Waals surface area contributed by atoms with Crippen LogP contribution in [-0.2, 0) is 0 Å². The van der Waals surface area contributed by atoms with Gasteiger partial charge in [0.2, 0.25) is 0 Å². The summed E-state index contributed by atoms with van der Waals surface area (Å²) in [5, 5.41) is 13.3. The van der Waals surface area contributed by atoms with Gasteiger partial charge in [0.15, 0.2) is 0 Å². The lowest BCUT2D eigenvalue weighted by molar-refractivity contribution is -0.385. The maximum atomic E-state index is 12.4. The first-order valence-corrected chi connectivity index (χ1v) is 8.01. The number of halogens is 3. The topological polar surface area (TPSA) is 72.2 Å². The first kappa shape index (κ1) is 18.8. The summed E-state index contributed by atoms with van der Waals surface area (Å²) in [5.41, 5.74) is 0.631. The van der Waals surface area contributed by atoms with Gasteiger partial charge in [0, 0.05) is 22.1 Å². The molecule has 2 aromatic carbocycles. The van der Waals surface area contributed by atoms with Crippen LogP contribution in [0.25, 0.3) is 0 Å². The Labute approximate surface area is 145 Å². The number of carbonyl (C=O) groups is 1. The van der Waals surface area contributed by atoms with Gasteiger partial charge in [0.25, 0.3) is 11.6 Å². The summed E-state index contributed by atoms with van der Waals surface area (Å²) < 4.78 is 37.2. The van der Waals surface area contributed by atoms with Crippen LogP contribution in [0.3, 0.4) is 0 Å². The molecule has 0 bridgehead atoms. The number of nitrogens with one attached hydrogen (secondary N) is 1. The number of alkyl halides is 3. The van der Waals surface area contributed by atoms with Gasteiger partial charge in [-0.25, -0.2) is 0 Å². The van der Waals surface area contributed by atoms with Gasteiger partial charge in [-0.3, -0.25) is 14.9 Å². The number of anilines is 1. The fraction of sp³-hybridized carbons (Fsp3) is 0.188. The predicted octanol–water partition coefficient (Wildman–Crippen LogP) is 4.81. The zero-order valence-electron chi connectivity index (χ0n) is 13.0. The lowest BCUT2D eigenvalue weighted by Gasteiger charge is -2.12. The molecule has 132 valence electrons. The molecule has 0 atom stereocenters. The first-order valence-electron chi connectivity index (χ1n) is 7.02. The molecule has 25 heavy (non-hydrogen) atoms. The van der Waals surface area contributed by atoms with Crippen molar-refractivity contribution < 1.29 is 22.9 Å². The molecule has 9 heteroatoms. The summed E-state index contributed by atoms with van der Waals surface area (Å²) in [5.74, 6) is -1.63. The summed E-state index contributed by atoms with van der Waals surface area (Å²) in [4.78, 5) is 22.8. The highest BCUT2D eigenvalue weighted by atomic mass is 32.2. The predicted molar refractivity (Wildman–Crippen MR) is 89.0 cm³/mol. The van der Waals surface area contributed by atoms with E-state index in [4.69, 9.17) is 0 Å². The smallest absolute Gasteiger partial charge is 0.321 e. The fourth-order valence-corrected chi connectivity index (χ4v) is 2.82. The lowest BCUT2D eigenvalue weighted by Crippen LogP contribution is -2.14. The van der Waals surface area contributed by atoms with Crippen molar-refractivity contribution in [3.8, 4) is 0 Å². The van der Waals surface area contributed by atoms with Crippen LogP contribution in [0.15, 0.2) is 47.4 Å². The largest absolute Gasteiger partial charge is 0.398 e. The van der Waals surface area contributed by atoms with Gasteiger partial charge < -0.3 is 5.32 Å². The molecule has 0 saturated heterocycles. The van der Waals surface area contributed by atoms with Crippen LogP contribution >= 0.6 is 11.8 Å². The van der Waals surface area contributed by atoms with Crippen LogP contribution in [0, 0.1) is 17.0 Å². The monoisotopic (exact) mass is 370 g/mol. The highest BCUT2D eigenvalue weighted by molar-refractivity contribution is 7.99. The molecule has 1 amide bonds. The molecular formula is C16H13F3N2O3S. The maximum Gasteiger partial charge on any atom is 0.398 e. The maximum absolute atomic E-state index is 12.4. The SMILES string of the molecule is Cc1cc(C(=O)Nc2ccccc2SCC(F)(F)F)ccc1[N+](=O)[O-]. The second-order valence-electron chi connectivity index (χ2n) is 5.11. The summed E-state index contributed by atoms with van der Waals surface area (Å²) in [6.45, 7) is 1.50. The molecule has 2 aromatic rings. The average molecular weight is 370 g/mol. The Morgan fingerprint density at radius 3 is 2.52 bits per heavy atom. The lowest BCUT2D eigenvalue weighted by atomic mass is 10.1. The minimum Gasteiger partial charge on any atom is -0.321 e. The third kappa shape index (κ3) is 5.21. The van der Waals surface area contributed by atoms with E-state index in [1.807, 2.05) is 0 Å². The molecule has 0 aromatic heterocycles. The molecule has 1 N–H and O–H groups in total. The van der Waals surface area contributed by atoms with E-state index in [2.05, 4.69) is 5.32 Å². The molecule has 0 heterocycles. The minimum absolute atomic E-state index is 0.113. The van der Waals surface area contributed by atoms with Crippen molar-refractivity contribution >= 4 is 29.0 Å². The number of nitrogens with zero attached hydrogens (tertiary/aromatic N) is 1. The van der Waals surface area contributed by atoms with Crippen LogP contribution in [0.2, 0.25) is 0 Å². The first-order chi connectivity index (χ1) is 11.7. The van der Waals surface area contributed by atoms with Gasteiger partial charge >= 0.3 is 6.18 Å². The normalized spacial score (nSPS) is 11.2. The van der Waals surface area contributed by atoms with E-state index < -0.39 is 22.8 Å². The number of hydrogen-bond donors (Lipinski definition) is 1. The van der Waals surface area contributed by atoms with Crippen LogP contribution in [-0.4, -0.2) is 22.8 Å². The van der Waals surface area contributed by atoms with Crippen LogP contribution < -0.4 is 5.32 Å². The van der Waals surface area contributed by atoms with E-state index >= 15 is 0 Å². The molecule has 0 aliphatic carbocycles. The van der Waals surface area contributed by atoms with Crippen molar-refractivity contribution in [3.63, 3.8) is 0 Å². The zero-order chi connectivity index (χ0) is 18.6. The quantitative estimate of drug-likeness (QED) is 0.466. The second-order valence-corrected chi connectivity index (χ2v) is 6.13. The van der Waals surface area contributed by atoms with Crippen molar-refractivity contribution in [1.29, 1.82) is 0 Å². The molecule has 0 unspecified atom stereocenters. The molecule has 5 nitrogen and oxygen atoms in total. The molecule has 0 aliphatic heterocycles. The number of nitro benzene ring substituents is 1. The van der Waals surface area contributed by atoms with Crippen LogP contribution in [0.5, 0.6) is 0 Å². The highest BCUT2D eigenvalue weighted by Crippen LogP contribution is 2.32. The van der Waals surface area contributed by atoms with Gasteiger partial charge in [-0.05, 0) is 31.2 Å². The van der Waals surface area contributed by atoms with Crippen LogP contribution in [0.4, 0.5) is 24.5 Å². The third-order valence-corrected chi connectivity index (χ3v) is 4.32. The number of para-hydroxylation sites is 1. The summed E-state index contributed by atoms with van der Waals surface area (Å²) >= 11 is 0.572. The number of hydrogen-bond acceptors (Lipinski definition) is 4. The Bertz CT molecular complexity index is 809. The number of aryl methyl sites for hydroxylation is 1. The zero-order valence-corrected chi connectivity index (χ0v) is 13.8. The van der Waals surface area contributed by atoms with Crippen molar-refractivity contribution in [3.05, 3.63) is 63.7 Å². The second kappa shape index (κ2) is 7.56. The van der Waals surface area contributed by atoms with Crippen LogP contribution in [0.1, 0.15) is 15.9 Å². The van der Waals surface area contributed by atoms with Crippen molar-refractivity contribution in [2.24, 2.45) is 0 Å². The van der Waals surface area contributed by atoms with E-state index in [1.54, 1.807) is 12.1 Å². The number of carbonyl (C=O) groups excluding carboxylic acids is 1. The van der Waals surface area contributed by atoms with Crippen molar-refractivity contribution in [2.75, 3.05) is 11.1 Å². The number of benzene rings is 2. The van der Waals surface area contributed by atoms with Gasteiger partial charge in [0.05, 0.1) is 16.4 Å². The minimum atomic E-state index is -4.32. The molecule has 0 saturated carbocycles. The van der Waals surface area contributed by atoms with E-state index in [9.17, 15) is 28.1 Å². The Kier molecular flexibility index (Phi) is 5.68. The summed E-state index contributed by atoms with van der Waals surface area (Å²) in [7, 11) is 0. The molecular weight excluding hydrogens is 357 g/mol. The number of amides is 1. The van der Waals surface area contributed by atoms with E-state index in [1.165, 1.54) is 37.3 Å². The Hall–Kier alpha value is -2.55. The Morgan fingerprint density at radius 1 is 1.24 bits per heavy atom. The Balaban J connectivity index is 2.18. The van der Waals surface area contributed by atoms with Crippen molar-refractivity contribution in [1.82, 2.24) is 0 Å². The number of nitro groups is 1. The average Bonchev–Trinajstić information content (AvgIpc) is 2.52.